The van der Waals surface area contributed by atoms with Crippen molar-refractivity contribution in [2.24, 2.45) is 11.8 Å². The summed E-state index contributed by atoms with van der Waals surface area (Å²) >= 11 is 10.1. The van der Waals surface area contributed by atoms with Crippen molar-refractivity contribution in [3.8, 4) is 11.5 Å². The van der Waals surface area contributed by atoms with Crippen LogP contribution < -0.4 is 9.47 Å². The number of rotatable bonds is 5. The summed E-state index contributed by atoms with van der Waals surface area (Å²) in [6, 6.07) is 6.70. The summed E-state index contributed by atoms with van der Waals surface area (Å²) in [6.45, 7) is 0. The molecular weight excluding hydrogens is 1020 g/mol. The van der Waals surface area contributed by atoms with Crippen LogP contribution in [0.5, 0.6) is 11.5 Å². The zero-order chi connectivity index (χ0) is 24.5. The Hall–Kier alpha value is 0.940. The highest BCUT2D eigenvalue weighted by atomic mass is 127. The van der Waals surface area contributed by atoms with Crippen LogP contribution in [0, 0.1) is 29.7 Å². The van der Waals surface area contributed by atoms with E-state index in [4.69, 9.17) is 9.47 Å². The van der Waals surface area contributed by atoms with Crippen LogP contribution in [0.15, 0.2) is 29.2 Å². The molecule has 0 atom stereocenters. The van der Waals surface area contributed by atoms with Crippen LogP contribution in [0.25, 0.3) is 0 Å². The highest BCUT2D eigenvalue weighted by molar-refractivity contribution is 14.1. The molecule has 33 heavy (non-hydrogen) atoms. The Balaban J connectivity index is 1.60. The summed E-state index contributed by atoms with van der Waals surface area (Å²) in [6.07, 6.45) is 2.04. The van der Waals surface area contributed by atoms with Gasteiger partial charge in [-0.15, -0.1) is 0 Å². The molecule has 0 amide bonds. The molecule has 13 heteroatoms. The molecule has 1 saturated carbocycles. The van der Waals surface area contributed by atoms with Gasteiger partial charge in [0.25, 0.3) is 10.1 Å². The van der Waals surface area contributed by atoms with E-state index in [2.05, 4.69) is 67.8 Å². The van der Waals surface area contributed by atoms with Crippen LogP contribution >= 0.6 is 113 Å². The summed E-state index contributed by atoms with van der Waals surface area (Å²) in [4.78, 5) is 25.1. The predicted molar refractivity (Wildman–Crippen MR) is 163 cm³/mol. The zero-order valence-electron chi connectivity index (χ0n) is 16.5. The normalized spacial score (nSPS) is 18.6. The van der Waals surface area contributed by atoms with E-state index in [0.717, 1.165) is 10.7 Å². The maximum absolute atomic E-state index is 12.7. The van der Waals surface area contributed by atoms with Crippen molar-refractivity contribution >= 4 is 135 Å². The predicted octanol–water partition coefficient (Wildman–Crippen LogP) is 6.27. The Kier molecular flexibility index (Phi) is 10.4. The third-order valence-electron chi connectivity index (χ3n) is 5.01. The van der Waals surface area contributed by atoms with Gasteiger partial charge in [0.15, 0.2) is 5.75 Å². The van der Waals surface area contributed by atoms with E-state index in [-0.39, 0.29) is 35.6 Å². The first-order valence-electron chi connectivity index (χ1n) is 9.41. The second kappa shape index (κ2) is 12.0. The van der Waals surface area contributed by atoms with Crippen LogP contribution in [-0.2, 0) is 19.7 Å². The maximum Gasteiger partial charge on any atom is 0.314 e. The van der Waals surface area contributed by atoms with Crippen molar-refractivity contribution < 1.29 is 32.0 Å². The van der Waals surface area contributed by atoms with Crippen molar-refractivity contribution in [2.75, 3.05) is 0 Å². The van der Waals surface area contributed by atoms with E-state index in [1.54, 1.807) is 45.2 Å². The van der Waals surface area contributed by atoms with Crippen LogP contribution in [0.1, 0.15) is 25.7 Å². The molecule has 0 saturated heterocycles. The number of hydrogen-bond acceptors (Lipinski definition) is 6. The lowest BCUT2D eigenvalue weighted by molar-refractivity contribution is -0.145. The second-order valence-corrected chi connectivity index (χ2v) is 14.5. The average Bonchev–Trinajstić information content (AvgIpc) is 2.69. The first-order valence-corrected chi connectivity index (χ1v) is 16.2. The fourth-order valence-corrected chi connectivity index (χ4v) is 11.2. The van der Waals surface area contributed by atoms with Crippen molar-refractivity contribution in [1.29, 1.82) is 0 Å². The third-order valence-corrected chi connectivity index (χ3v) is 10.6. The van der Waals surface area contributed by atoms with Gasteiger partial charge in [0.1, 0.15) is 10.6 Å². The monoisotopic (exact) mass is 1030 g/mol. The first-order chi connectivity index (χ1) is 15.4. The lowest BCUT2D eigenvalue weighted by atomic mass is 9.82. The number of carbonyl (C=O) groups excluding carboxylic acids is 2. The van der Waals surface area contributed by atoms with Crippen molar-refractivity contribution in [3.63, 3.8) is 0 Å². The maximum atomic E-state index is 12.7. The quantitative estimate of drug-likeness (QED) is 0.163. The molecule has 1 N–H and O–H groups in total. The third kappa shape index (κ3) is 7.48. The lowest BCUT2D eigenvalue weighted by Crippen LogP contribution is -2.30. The number of benzene rings is 2. The van der Waals surface area contributed by atoms with Gasteiger partial charge in [0.2, 0.25) is 0 Å². The standard InChI is InChI=1S/C20H15I5O7S/c21-11-5-13(22)17(14(23)6-11)32-20(27)10-3-1-9(2-4-10)19(26)31-12-7-15(24)18(16(25)8-12)33(28,29)30/h5-10H,1-4H2,(H,28,29,30). The topological polar surface area (TPSA) is 107 Å². The van der Waals surface area contributed by atoms with Crippen LogP contribution in [-0.4, -0.2) is 24.9 Å². The Labute approximate surface area is 259 Å². The fraction of sp³-hybridized carbons (Fsp3) is 0.300. The molecule has 2 aromatic carbocycles. The molecule has 0 aliphatic heterocycles. The minimum atomic E-state index is -4.38. The largest absolute Gasteiger partial charge is 0.426 e. The Morgan fingerprint density at radius 2 is 1.18 bits per heavy atom. The Bertz CT molecular complexity index is 1160. The van der Waals surface area contributed by atoms with Crippen LogP contribution in [0.3, 0.4) is 0 Å². The first kappa shape index (κ1) is 28.5. The van der Waals surface area contributed by atoms with Gasteiger partial charge >= 0.3 is 11.9 Å². The van der Waals surface area contributed by atoms with E-state index in [0.29, 0.717) is 31.4 Å². The van der Waals surface area contributed by atoms with Gasteiger partial charge in [-0.05, 0) is 163 Å². The molecule has 3 rings (SSSR count). The summed E-state index contributed by atoms with van der Waals surface area (Å²) in [7, 11) is -4.38. The number of halogens is 5. The molecule has 178 valence electrons. The van der Waals surface area contributed by atoms with Crippen molar-refractivity contribution in [1.82, 2.24) is 0 Å². The highest BCUT2D eigenvalue weighted by Crippen LogP contribution is 2.35. The molecular formula is C20H15I5O7S. The van der Waals surface area contributed by atoms with Gasteiger partial charge in [-0.3, -0.25) is 14.1 Å². The molecule has 0 bridgehead atoms. The Morgan fingerprint density at radius 3 is 1.61 bits per heavy atom. The summed E-state index contributed by atoms with van der Waals surface area (Å²) in [5, 5.41) is 0. The van der Waals surface area contributed by atoms with Gasteiger partial charge in [0, 0.05) is 10.7 Å². The molecule has 2 aromatic rings. The minimum absolute atomic E-state index is 0.208. The molecule has 0 heterocycles. The van der Waals surface area contributed by atoms with E-state index in [1.165, 1.54) is 12.1 Å². The average molecular weight is 1030 g/mol. The minimum Gasteiger partial charge on any atom is -0.426 e. The fourth-order valence-electron chi connectivity index (χ4n) is 3.42. The zero-order valence-corrected chi connectivity index (χ0v) is 28.1. The molecule has 0 spiro atoms. The van der Waals surface area contributed by atoms with Crippen LogP contribution in [0.2, 0.25) is 0 Å². The lowest BCUT2D eigenvalue weighted by Gasteiger charge is -2.26. The molecule has 0 unspecified atom stereocenters. The van der Waals surface area contributed by atoms with E-state index in [1.807, 2.05) is 12.1 Å². The number of carbonyl (C=O) groups is 2. The molecule has 0 aromatic heterocycles. The van der Waals surface area contributed by atoms with Gasteiger partial charge in [-0.1, -0.05) is 0 Å². The van der Waals surface area contributed by atoms with E-state index in [9.17, 15) is 22.6 Å². The number of ether oxygens (including phenoxy) is 2. The summed E-state index contributed by atoms with van der Waals surface area (Å²) in [5.41, 5.74) is 0. The molecule has 1 aliphatic rings. The van der Waals surface area contributed by atoms with Gasteiger partial charge in [0.05, 0.1) is 19.0 Å². The second-order valence-electron chi connectivity index (χ2n) is 7.28. The SMILES string of the molecule is O=C(Oc1cc(I)c(S(=O)(=O)O)c(I)c1)C1CCC(C(=O)Oc2c(I)cc(I)cc2I)CC1. The molecule has 7 nitrogen and oxygen atoms in total. The smallest absolute Gasteiger partial charge is 0.314 e. The van der Waals surface area contributed by atoms with E-state index >= 15 is 0 Å². The van der Waals surface area contributed by atoms with Gasteiger partial charge in [-0.2, -0.15) is 8.42 Å². The Morgan fingerprint density at radius 1 is 0.758 bits per heavy atom. The van der Waals surface area contributed by atoms with Crippen LogP contribution in [0.4, 0.5) is 0 Å². The highest BCUT2D eigenvalue weighted by Gasteiger charge is 2.33. The number of hydrogen-bond donors (Lipinski definition) is 1. The van der Waals surface area contributed by atoms with Crippen molar-refractivity contribution in [3.05, 3.63) is 42.1 Å². The van der Waals surface area contributed by atoms with Gasteiger partial charge < -0.3 is 9.47 Å². The number of esters is 2. The van der Waals surface area contributed by atoms with E-state index < -0.39 is 16.1 Å². The summed E-state index contributed by atoms with van der Waals surface area (Å²) < 4.78 is 46.9. The molecule has 1 fully saturated rings. The summed E-state index contributed by atoms with van der Waals surface area (Å²) in [5.74, 6) is -0.565. The molecule has 0 radical (unpaired) electrons. The van der Waals surface area contributed by atoms with Crippen molar-refractivity contribution in [2.45, 2.75) is 30.6 Å². The van der Waals surface area contributed by atoms with Gasteiger partial charge in [-0.25, -0.2) is 0 Å². The molecule has 1 aliphatic carbocycles.